The van der Waals surface area contributed by atoms with Crippen LogP contribution >= 0.6 is 11.6 Å². The highest BCUT2D eigenvalue weighted by molar-refractivity contribution is 6.34. The molecule has 2 N–H and O–H groups in total. The van der Waals surface area contributed by atoms with E-state index < -0.39 is 5.97 Å². The Balaban J connectivity index is 2.38. The fourth-order valence-electron chi connectivity index (χ4n) is 2.48. The fraction of sp³-hybridized carbons (Fsp3) is 0.533. The predicted octanol–water partition coefficient (Wildman–Crippen LogP) is 2.71. The van der Waals surface area contributed by atoms with Crippen LogP contribution in [0.1, 0.15) is 30.6 Å². The largest absolute Gasteiger partial charge is 0.462 e. The molecule has 0 saturated carbocycles. The van der Waals surface area contributed by atoms with E-state index >= 15 is 0 Å². The van der Waals surface area contributed by atoms with Crippen molar-refractivity contribution >= 4 is 28.9 Å². The Hall–Kier alpha value is -1.46. The zero-order valence-electron chi connectivity index (χ0n) is 12.4. The first-order valence-electron chi connectivity index (χ1n) is 7.19. The molecule has 5 nitrogen and oxygen atoms in total. The molecule has 0 aliphatic carbocycles. The van der Waals surface area contributed by atoms with Crippen molar-refractivity contribution < 1.29 is 14.3 Å². The zero-order valence-corrected chi connectivity index (χ0v) is 13.2. The molecule has 0 bridgehead atoms. The summed E-state index contributed by atoms with van der Waals surface area (Å²) in [4.78, 5) is 14.2. The quantitative estimate of drug-likeness (QED) is 0.684. The van der Waals surface area contributed by atoms with Crippen LogP contribution in [0.4, 0.5) is 11.4 Å². The van der Waals surface area contributed by atoms with Crippen molar-refractivity contribution in [2.75, 3.05) is 36.9 Å². The van der Waals surface area contributed by atoms with E-state index in [4.69, 9.17) is 26.8 Å². The molecule has 1 atom stereocenters. The second-order valence-corrected chi connectivity index (χ2v) is 5.37. The van der Waals surface area contributed by atoms with Crippen molar-refractivity contribution in [2.24, 2.45) is 0 Å². The van der Waals surface area contributed by atoms with Gasteiger partial charge in [0.25, 0.3) is 0 Å². The minimum Gasteiger partial charge on any atom is -0.462 e. The summed E-state index contributed by atoms with van der Waals surface area (Å²) in [5.41, 5.74) is 7.36. The molecule has 1 saturated heterocycles. The van der Waals surface area contributed by atoms with E-state index in [9.17, 15) is 4.79 Å². The van der Waals surface area contributed by atoms with Gasteiger partial charge in [0.15, 0.2) is 0 Å². The van der Waals surface area contributed by atoms with Gasteiger partial charge in [-0.05, 0) is 25.5 Å². The topological polar surface area (TPSA) is 64.8 Å². The van der Waals surface area contributed by atoms with Gasteiger partial charge < -0.3 is 20.1 Å². The monoisotopic (exact) mass is 312 g/mol. The number of nitrogens with zero attached hydrogens (tertiary/aromatic N) is 1. The van der Waals surface area contributed by atoms with E-state index in [-0.39, 0.29) is 6.10 Å². The molecule has 0 spiro atoms. The number of hydrogen-bond acceptors (Lipinski definition) is 5. The lowest BCUT2D eigenvalue weighted by molar-refractivity contribution is 0.0379. The van der Waals surface area contributed by atoms with E-state index in [2.05, 4.69) is 11.8 Å². The van der Waals surface area contributed by atoms with Gasteiger partial charge in [0.05, 0.1) is 35.6 Å². The molecule has 2 rings (SSSR count). The molecular weight excluding hydrogens is 292 g/mol. The minimum atomic E-state index is -0.402. The molecule has 1 aromatic carbocycles. The Labute approximate surface area is 130 Å². The highest BCUT2D eigenvalue weighted by Gasteiger charge is 2.26. The van der Waals surface area contributed by atoms with Gasteiger partial charge in [-0.2, -0.15) is 0 Å². The Bertz CT molecular complexity index is 522. The summed E-state index contributed by atoms with van der Waals surface area (Å²) in [7, 11) is 0. The SMILES string of the molecule is CCOC(=O)c1cc(N)cc(Cl)c1N1CCOC(CC)C1. The average Bonchev–Trinajstić information content (AvgIpc) is 2.46. The molecule has 1 fully saturated rings. The molecule has 0 aromatic heterocycles. The van der Waals surface area contributed by atoms with Crippen molar-refractivity contribution in [3.63, 3.8) is 0 Å². The Morgan fingerprint density at radius 1 is 1.52 bits per heavy atom. The normalized spacial score (nSPS) is 18.6. The second-order valence-electron chi connectivity index (χ2n) is 4.97. The summed E-state index contributed by atoms with van der Waals surface area (Å²) >= 11 is 6.33. The van der Waals surface area contributed by atoms with Crippen molar-refractivity contribution in [1.29, 1.82) is 0 Å². The first-order chi connectivity index (χ1) is 10.1. The number of halogens is 1. The van der Waals surface area contributed by atoms with E-state index in [0.29, 0.717) is 48.3 Å². The molecule has 116 valence electrons. The number of anilines is 2. The summed E-state index contributed by atoms with van der Waals surface area (Å²) in [5.74, 6) is -0.402. The van der Waals surface area contributed by atoms with Gasteiger partial charge in [-0.1, -0.05) is 18.5 Å². The van der Waals surface area contributed by atoms with Gasteiger partial charge in [0.1, 0.15) is 0 Å². The van der Waals surface area contributed by atoms with Crippen molar-refractivity contribution in [2.45, 2.75) is 26.4 Å². The van der Waals surface area contributed by atoms with Crippen molar-refractivity contribution in [3.8, 4) is 0 Å². The van der Waals surface area contributed by atoms with Crippen LogP contribution in [0.3, 0.4) is 0 Å². The van der Waals surface area contributed by atoms with Gasteiger partial charge in [-0.25, -0.2) is 4.79 Å². The molecule has 6 heteroatoms. The zero-order chi connectivity index (χ0) is 15.4. The first kappa shape index (κ1) is 15.9. The maximum Gasteiger partial charge on any atom is 0.340 e. The van der Waals surface area contributed by atoms with E-state index in [1.54, 1.807) is 19.1 Å². The smallest absolute Gasteiger partial charge is 0.340 e. The van der Waals surface area contributed by atoms with Crippen LogP contribution in [-0.2, 0) is 9.47 Å². The Morgan fingerprint density at radius 2 is 2.29 bits per heavy atom. The van der Waals surface area contributed by atoms with Crippen molar-refractivity contribution in [1.82, 2.24) is 0 Å². The van der Waals surface area contributed by atoms with Gasteiger partial charge in [-0.3, -0.25) is 0 Å². The van der Waals surface area contributed by atoms with Crippen LogP contribution < -0.4 is 10.6 Å². The van der Waals surface area contributed by atoms with Crippen LogP contribution in [0, 0.1) is 0 Å². The van der Waals surface area contributed by atoms with Crippen molar-refractivity contribution in [3.05, 3.63) is 22.7 Å². The Kier molecular flexibility index (Phi) is 5.31. The number of nitrogen functional groups attached to an aromatic ring is 1. The minimum absolute atomic E-state index is 0.141. The second kappa shape index (κ2) is 7.00. The van der Waals surface area contributed by atoms with Crippen LogP contribution in [0.25, 0.3) is 0 Å². The van der Waals surface area contributed by atoms with E-state index in [0.717, 1.165) is 6.42 Å². The predicted molar refractivity (Wildman–Crippen MR) is 84.1 cm³/mol. The molecule has 1 aliphatic rings. The van der Waals surface area contributed by atoms with Crippen LogP contribution in [0.15, 0.2) is 12.1 Å². The molecule has 1 heterocycles. The van der Waals surface area contributed by atoms with Gasteiger partial charge in [0.2, 0.25) is 0 Å². The number of nitrogens with two attached hydrogens (primary N) is 1. The van der Waals surface area contributed by atoms with Crippen LogP contribution in [-0.4, -0.2) is 38.4 Å². The molecule has 1 aromatic rings. The van der Waals surface area contributed by atoms with Gasteiger partial charge in [0, 0.05) is 18.8 Å². The standard InChI is InChI=1S/C15H21ClN2O3/c1-3-11-9-18(5-6-21-11)14-12(15(19)20-4-2)7-10(17)8-13(14)16/h7-8,11H,3-6,9,17H2,1-2H3. The average molecular weight is 313 g/mol. The third kappa shape index (κ3) is 3.60. The molecular formula is C15H21ClN2O3. The highest BCUT2D eigenvalue weighted by Crippen LogP contribution is 2.34. The Morgan fingerprint density at radius 3 is 2.95 bits per heavy atom. The summed E-state index contributed by atoms with van der Waals surface area (Å²) in [6, 6.07) is 3.28. The molecule has 21 heavy (non-hydrogen) atoms. The van der Waals surface area contributed by atoms with E-state index in [1.165, 1.54) is 0 Å². The summed E-state index contributed by atoms with van der Waals surface area (Å²) < 4.78 is 10.8. The molecule has 1 unspecified atom stereocenters. The number of carbonyl (C=O) groups excluding carboxylic acids is 1. The van der Waals surface area contributed by atoms with Crippen LogP contribution in [0.5, 0.6) is 0 Å². The summed E-state index contributed by atoms with van der Waals surface area (Å²) in [6.07, 6.45) is 1.06. The number of morpholine rings is 1. The summed E-state index contributed by atoms with van der Waals surface area (Å²) in [6.45, 7) is 6.16. The number of ether oxygens (including phenoxy) is 2. The lowest BCUT2D eigenvalue weighted by Crippen LogP contribution is -2.43. The fourth-order valence-corrected chi connectivity index (χ4v) is 2.82. The third-order valence-electron chi connectivity index (χ3n) is 3.49. The first-order valence-corrected chi connectivity index (χ1v) is 7.57. The van der Waals surface area contributed by atoms with Crippen LogP contribution in [0.2, 0.25) is 5.02 Å². The summed E-state index contributed by atoms with van der Waals surface area (Å²) in [5, 5.41) is 0.467. The van der Waals surface area contributed by atoms with E-state index in [1.807, 2.05) is 0 Å². The van der Waals surface area contributed by atoms with Gasteiger partial charge >= 0.3 is 5.97 Å². The highest BCUT2D eigenvalue weighted by atomic mass is 35.5. The number of rotatable bonds is 4. The molecule has 0 amide bonds. The maximum absolute atomic E-state index is 12.2. The molecule has 0 radical (unpaired) electrons. The number of benzene rings is 1. The van der Waals surface area contributed by atoms with Gasteiger partial charge in [-0.15, -0.1) is 0 Å². The number of esters is 1. The maximum atomic E-state index is 12.2. The third-order valence-corrected chi connectivity index (χ3v) is 3.78. The number of hydrogen-bond donors (Lipinski definition) is 1. The lowest BCUT2D eigenvalue weighted by Gasteiger charge is -2.35. The lowest BCUT2D eigenvalue weighted by atomic mass is 10.1. The number of carbonyl (C=O) groups is 1. The molecule has 1 aliphatic heterocycles.